The first-order valence-corrected chi connectivity index (χ1v) is 13.5. The largest absolute Gasteiger partial charge is 0.497 e. The van der Waals surface area contributed by atoms with E-state index in [0.717, 1.165) is 30.7 Å². The van der Waals surface area contributed by atoms with Gasteiger partial charge in [0.25, 0.3) is 0 Å². The minimum Gasteiger partial charge on any atom is -0.497 e. The lowest BCUT2D eigenvalue weighted by Crippen LogP contribution is -2.45. The molecule has 188 valence electrons. The lowest BCUT2D eigenvalue weighted by molar-refractivity contribution is -0.134. The highest BCUT2D eigenvalue weighted by molar-refractivity contribution is 7.10. The van der Waals surface area contributed by atoms with Gasteiger partial charge in [-0.1, -0.05) is 42.5 Å². The summed E-state index contributed by atoms with van der Waals surface area (Å²) in [6, 6.07) is 20.5. The van der Waals surface area contributed by atoms with Crippen molar-refractivity contribution < 1.29 is 14.3 Å². The van der Waals surface area contributed by atoms with Crippen LogP contribution in [0.3, 0.4) is 0 Å². The van der Waals surface area contributed by atoms with Crippen molar-refractivity contribution in [1.29, 1.82) is 0 Å². The molecule has 0 saturated carbocycles. The van der Waals surface area contributed by atoms with Crippen LogP contribution >= 0.6 is 11.3 Å². The van der Waals surface area contributed by atoms with Gasteiger partial charge in [0.1, 0.15) is 5.75 Å². The second kappa shape index (κ2) is 11.3. The highest BCUT2D eigenvalue weighted by Gasteiger charge is 2.32. The summed E-state index contributed by atoms with van der Waals surface area (Å²) in [6.45, 7) is 3.82. The number of methoxy groups -OCH3 is 1. The van der Waals surface area contributed by atoms with Gasteiger partial charge in [-0.3, -0.25) is 14.5 Å². The number of carbonyl (C=O) groups excluding carboxylic acids is 2. The predicted octanol–water partition coefficient (Wildman–Crippen LogP) is 4.01. The first-order chi connectivity index (χ1) is 17.6. The normalized spacial score (nSPS) is 18.4. The van der Waals surface area contributed by atoms with Gasteiger partial charge in [0.15, 0.2) is 0 Å². The Kier molecular flexibility index (Phi) is 7.68. The zero-order valence-electron chi connectivity index (χ0n) is 20.8. The summed E-state index contributed by atoms with van der Waals surface area (Å²) in [5.41, 5.74) is 3.54. The fourth-order valence-corrected chi connectivity index (χ4v) is 6.19. The average molecular weight is 504 g/mol. The fourth-order valence-electron chi connectivity index (χ4n) is 5.28. The Morgan fingerprint density at radius 2 is 1.61 bits per heavy atom. The van der Waals surface area contributed by atoms with Crippen LogP contribution in [-0.4, -0.2) is 72.9 Å². The molecule has 2 aliphatic heterocycles. The molecular weight excluding hydrogens is 470 g/mol. The fraction of sp³-hybridized carbons (Fsp3) is 0.379. The maximum absolute atomic E-state index is 13.4. The summed E-state index contributed by atoms with van der Waals surface area (Å²) in [5, 5.41) is 2.16. The van der Waals surface area contributed by atoms with Crippen molar-refractivity contribution in [2.75, 3.05) is 46.4 Å². The number of ether oxygens (including phenoxy) is 1. The van der Waals surface area contributed by atoms with E-state index in [1.807, 2.05) is 51.5 Å². The van der Waals surface area contributed by atoms with Crippen LogP contribution in [0, 0.1) is 0 Å². The van der Waals surface area contributed by atoms with E-state index in [2.05, 4.69) is 40.6 Å². The molecule has 0 bridgehead atoms. The maximum Gasteiger partial charge on any atom is 0.236 e. The molecule has 0 N–H and O–H groups in total. The Hall–Kier alpha value is -3.16. The lowest BCUT2D eigenvalue weighted by atomic mass is 9.93. The topological polar surface area (TPSA) is 53.1 Å². The van der Waals surface area contributed by atoms with Crippen molar-refractivity contribution >= 4 is 23.2 Å². The van der Waals surface area contributed by atoms with E-state index in [1.54, 1.807) is 7.11 Å². The van der Waals surface area contributed by atoms with E-state index in [-0.39, 0.29) is 17.9 Å². The van der Waals surface area contributed by atoms with E-state index < -0.39 is 0 Å². The molecule has 2 aromatic carbocycles. The molecule has 7 heteroatoms. The number of carbonyl (C=O) groups is 2. The smallest absolute Gasteiger partial charge is 0.236 e. The summed E-state index contributed by atoms with van der Waals surface area (Å²) >= 11 is 1.81. The number of rotatable bonds is 6. The summed E-state index contributed by atoms with van der Waals surface area (Å²) in [7, 11) is 1.64. The van der Waals surface area contributed by atoms with Gasteiger partial charge in [-0.15, -0.1) is 11.3 Å². The van der Waals surface area contributed by atoms with Gasteiger partial charge in [-0.05, 0) is 53.1 Å². The van der Waals surface area contributed by atoms with E-state index >= 15 is 0 Å². The Morgan fingerprint density at radius 3 is 2.33 bits per heavy atom. The van der Waals surface area contributed by atoms with Crippen LogP contribution in [0.1, 0.15) is 34.0 Å². The summed E-state index contributed by atoms with van der Waals surface area (Å²) < 4.78 is 5.20. The van der Waals surface area contributed by atoms with Crippen molar-refractivity contribution in [1.82, 2.24) is 14.7 Å². The number of benzene rings is 2. The first-order valence-electron chi connectivity index (χ1n) is 12.7. The van der Waals surface area contributed by atoms with Crippen LogP contribution in [0.4, 0.5) is 0 Å². The minimum absolute atomic E-state index is 0.111. The Balaban J connectivity index is 1.21. The number of fused-ring (bicyclic) bond motifs is 1. The van der Waals surface area contributed by atoms with Crippen LogP contribution in [0.25, 0.3) is 0 Å². The number of hydrogen-bond acceptors (Lipinski definition) is 5. The molecule has 1 unspecified atom stereocenters. The minimum atomic E-state index is 0.111. The maximum atomic E-state index is 13.4. The molecule has 3 aromatic rings. The van der Waals surface area contributed by atoms with Gasteiger partial charge < -0.3 is 14.5 Å². The molecule has 0 aliphatic carbocycles. The van der Waals surface area contributed by atoms with E-state index in [9.17, 15) is 9.59 Å². The molecule has 2 amide bonds. The molecule has 0 spiro atoms. The van der Waals surface area contributed by atoms with Crippen molar-refractivity contribution in [3.63, 3.8) is 0 Å². The molecule has 1 saturated heterocycles. The van der Waals surface area contributed by atoms with Crippen molar-refractivity contribution in [2.45, 2.75) is 25.3 Å². The SMILES string of the molecule is COc1ccc(CC(=O)N2CCCN(C(=O)CN3CCc4sccc4C3c3ccccc3)CC2)cc1. The predicted molar refractivity (Wildman–Crippen MR) is 142 cm³/mol. The molecule has 5 rings (SSSR count). The first kappa shape index (κ1) is 24.5. The van der Waals surface area contributed by atoms with Gasteiger partial charge in [-0.2, -0.15) is 0 Å². The molecule has 3 heterocycles. The zero-order chi connectivity index (χ0) is 24.9. The van der Waals surface area contributed by atoms with E-state index in [0.29, 0.717) is 39.1 Å². The van der Waals surface area contributed by atoms with Crippen LogP contribution < -0.4 is 4.74 Å². The van der Waals surface area contributed by atoms with Crippen molar-refractivity contribution in [3.8, 4) is 5.75 Å². The number of nitrogens with zero attached hydrogens (tertiary/aromatic N) is 3. The third-order valence-electron chi connectivity index (χ3n) is 7.24. The quantitative estimate of drug-likeness (QED) is 0.510. The number of amides is 2. The Morgan fingerprint density at radius 1 is 0.889 bits per heavy atom. The van der Waals surface area contributed by atoms with Gasteiger partial charge in [-0.25, -0.2) is 0 Å². The molecular formula is C29H33N3O3S. The van der Waals surface area contributed by atoms with Gasteiger partial charge in [0.2, 0.25) is 11.8 Å². The molecule has 1 fully saturated rings. The summed E-state index contributed by atoms with van der Waals surface area (Å²) in [5.74, 6) is 1.05. The van der Waals surface area contributed by atoms with Crippen LogP contribution in [0.2, 0.25) is 0 Å². The van der Waals surface area contributed by atoms with Gasteiger partial charge in [0, 0.05) is 37.6 Å². The van der Waals surface area contributed by atoms with Gasteiger partial charge >= 0.3 is 0 Å². The molecule has 36 heavy (non-hydrogen) atoms. The third kappa shape index (κ3) is 5.47. The lowest BCUT2D eigenvalue weighted by Gasteiger charge is -2.37. The van der Waals surface area contributed by atoms with E-state index in [4.69, 9.17) is 4.74 Å². The zero-order valence-corrected chi connectivity index (χ0v) is 21.6. The molecule has 1 aromatic heterocycles. The van der Waals surface area contributed by atoms with Crippen LogP contribution in [-0.2, 0) is 22.4 Å². The van der Waals surface area contributed by atoms with Crippen LogP contribution in [0.15, 0.2) is 66.0 Å². The van der Waals surface area contributed by atoms with E-state index in [1.165, 1.54) is 16.0 Å². The number of thiophene rings is 1. The highest BCUT2D eigenvalue weighted by atomic mass is 32.1. The second-order valence-corrected chi connectivity index (χ2v) is 10.5. The van der Waals surface area contributed by atoms with Gasteiger partial charge in [0.05, 0.1) is 26.1 Å². The van der Waals surface area contributed by atoms with Crippen LogP contribution in [0.5, 0.6) is 5.75 Å². The second-order valence-electron chi connectivity index (χ2n) is 9.47. The molecule has 6 nitrogen and oxygen atoms in total. The Bertz CT molecular complexity index is 1180. The number of hydrogen-bond donors (Lipinski definition) is 0. The van der Waals surface area contributed by atoms with Crippen molar-refractivity contribution in [2.24, 2.45) is 0 Å². The summed E-state index contributed by atoms with van der Waals surface area (Å²) in [6.07, 6.45) is 2.15. The standard InChI is InChI=1S/C29H33N3O3S/c1-35-24-10-8-22(9-11-24)20-27(33)30-14-5-15-31(18-17-30)28(34)21-32-16-12-26-25(13-19-36-26)29(32)23-6-3-2-4-7-23/h2-4,6-11,13,19,29H,5,12,14-18,20-21H2,1H3. The summed E-state index contributed by atoms with van der Waals surface area (Å²) in [4.78, 5) is 34.0. The third-order valence-corrected chi connectivity index (χ3v) is 8.23. The molecule has 2 aliphatic rings. The Labute approximate surface area is 217 Å². The monoisotopic (exact) mass is 503 g/mol. The molecule has 1 atom stereocenters. The van der Waals surface area contributed by atoms with Crippen molar-refractivity contribution in [3.05, 3.63) is 87.6 Å². The highest BCUT2D eigenvalue weighted by Crippen LogP contribution is 2.37. The average Bonchev–Trinajstić information content (AvgIpc) is 3.24. The molecule has 0 radical (unpaired) electrons.